The van der Waals surface area contributed by atoms with Gasteiger partial charge in [-0.15, -0.1) is 0 Å². The number of aliphatic hydroxyl groups is 1. The minimum absolute atomic E-state index is 0.194. The van der Waals surface area contributed by atoms with Gasteiger partial charge in [-0.25, -0.2) is 9.37 Å². The molecule has 5 aromatic rings. The van der Waals surface area contributed by atoms with E-state index in [2.05, 4.69) is 43.6 Å². The maximum absolute atomic E-state index is 13.9. The highest BCUT2D eigenvalue weighted by atomic mass is 19.1. The number of aromatic nitrogens is 5. The number of nitrogens with zero attached hydrogens (tertiary/aromatic N) is 4. The number of H-pyrrole nitrogens is 1. The fourth-order valence-electron chi connectivity index (χ4n) is 4.78. The van der Waals surface area contributed by atoms with Gasteiger partial charge < -0.3 is 15.4 Å². The van der Waals surface area contributed by atoms with Crippen molar-refractivity contribution in [1.82, 2.24) is 24.6 Å². The van der Waals surface area contributed by atoms with Gasteiger partial charge >= 0.3 is 0 Å². The number of rotatable bonds is 4. The molecule has 7 nitrogen and oxygen atoms in total. The van der Waals surface area contributed by atoms with Gasteiger partial charge in [0.2, 0.25) is 0 Å². The van der Waals surface area contributed by atoms with E-state index in [-0.39, 0.29) is 6.04 Å². The van der Waals surface area contributed by atoms with Crippen LogP contribution in [0.1, 0.15) is 36.3 Å². The highest BCUT2D eigenvalue weighted by Gasteiger charge is 2.24. The Kier molecular flexibility index (Phi) is 4.62. The third-order valence-electron chi connectivity index (χ3n) is 6.40. The number of hydrogen-bond donors (Lipinski definition) is 3. The van der Waals surface area contributed by atoms with Crippen molar-refractivity contribution in [3.8, 4) is 11.3 Å². The Balaban J connectivity index is 1.41. The van der Waals surface area contributed by atoms with Gasteiger partial charge in [-0.3, -0.25) is 4.98 Å². The van der Waals surface area contributed by atoms with Gasteiger partial charge in [-0.2, -0.15) is 9.61 Å². The van der Waals surface area contributed by atoms with Gasteiger partial charge in [0.15, 0.2) is 5.65 Å². The highest BCUT2D eigenvalue weighted by Crippen LogP contribution is 2.32. The lowest BCUT2D eigenvalue weighted by molar-refractivity contribution is 0.200. The third-order valence-corrected chi connectivity index (χ3v) is 6.40. The smallest absolute Gasteiger partial charge is 0.163 e. The third kappa shape index (κ3) is 3.43. The zero-order valence-corrected chi connectivity index (χ0v) is 18.1. The van der Waals surface area contributed by atoms with Crippen LogP contribution < -0.4 is 5.32 Å². The molecule has 1 unspecified atom stereocenters. The average molecular weight is 442 g/mol. The number of hydrogen-bond acceptors (Lipinski definition) is 5. The molecule has 0 saturated carbocycles. The molecule has 0 radical (unpaired) electrons. The minimum Gasteiger partial charge on any atom is -0.389 e. The molecule has 4 heterocycles. The summed E-state index contributed by atoms with van der Waals surface area (Å²) in [6.07, 6.45) is 6.45. The van der Waals surface area contributed by atoms with Crippen LogP contribution in [0.4, 0.5) is 10.2 Å². The van der Waals surface area contributed by atoms with Gasteiger partial charge in [0.25, 0.3) is 0 Å². The molecule has 0 aliphatic heterocycles. The average Bonchev–Trinajstić information content (AvgIpc) is 3.41. The number of fused-ring (bicyclic) bond motifs is 4. The van der Waals surface area contributed by atoms with Crippen LogP contribution in [0.3, 0.4) is 0 Å². The molecule has 0 spiro atoms. The lowest BCUT2D eigenvalue weighted by Gasteiger charge is -2.25. The second kappa shape index (κ2) is 7.67. The first-order valence-corrected chi connectivity index (χ1v) is 11.1. The van der Waals surface area contributed by atoms with Crippen molar-refractivity contribution in [2.75, 3.05) is 5.32 Å². The Morgan fingerprint density at radius 3 is 2.94 bits per heavy atom. The van der Waals surface area contributed by atoms with Crippen molar-refractivity contribution >= 4 is 22.4 Å². The molecule has 1 aliphatic rings. The van der Waals surface area contributed by atoms with Crippen LogP contribution in [0.25, 0.3) is 27.8 Å². The Morgan fingerprint density at radius 1 is 1.21 bits per heavy atom. The van der Waals surface area contributed by atoms with E-state index in [1.807, 2.05) is 12.1 Å². The molecule has 8 heteroatoms. The topological polar surface area (TPSA) is 91.1 Å². The van der Waals surface area contributed by atoms with E-state index in [9.17, 15) is 9.50 Å². The summed E-state index contributed by atoms with van der Waals surface area (Å²) in [5.74, 6) is 0.325. The predicted octanol–water partition coefficient (Wildman–Crippen LogP) is 4.43. The standard InChI is InChI=1S/C25H23FN6O/c1-14(33)20-13-28-32-24(10-23(31-25(20)32)15-8-16(26)12-27-11-15)29-17-6-7-22-19(9-17)18-4-2-3-5-21(18)30-22/h2-5,8,10-14,17,29-30,33H,6-7,9H2,1H3/t14?,17-/m1/s1. The molecule has 4 aromatic heterocycles. The number of pyridine rings is 1. The van der Waals surface area contributed by atoms with E-state index < -0.39 is 11.9 Å². The lowest BCUT2D eigenvalue weighted by atomic mass is 9.91. The van der Waals surface area contributed by atoms with E-state index in [0.29, 0.717) is 22.5 Å². The van der Waals surface area contributed by atoms with Crippen LogP contribution in [-0.2, 0) is 12.8 Å². The largest absolute Gasteiger partial charge is 0.389 e. The van der Waals surface area contributed by atoms with Gasteiger partial charge in [-0.1, -0.05) is 18.2 Å². The second-order valence-corrected chi connectivity index (χ2v) is 8.64. The second-order valence-electron chi connectivity index (χ2n) is 8.64. The van der Waals surface area contributed by atoms with Gasteiger partial charge in [0, 0.05) is 46.0 Å². The first-order valence-electron chi connectivity index (χ1n) is 11.1. The monoisotopic (exact) mass is 442 g/mol. The van der Waals surface area contributed by atoms with Crippen molar-refractivity contribution < 1.29 is 9.50 Å². The molecule has 1 aliphatic carbocycles. The molecular weight excluding hydrogens is 419 g/mol. The summed E-state index contributed by atoms with van der Waals surface area (Å²) in [7, 11) is 0. The zero-order chi connectivity index (χ0) is 22.5. The quantitative estimate of drug-likeness (QED) is 0.383. The molecule has 0 saturated heterocycles. The number of aryl methyl sites for hydroxylation is 1. The van der Waals surface area contributed by atoms with E-state index in [4.69, 9.17) is 0 Å². The number of aliphatic hydroxyl groups excluding tert-OH is 1. The lowest BCUT2D eigenvalue weighted by Crippen LogP contribution is -2.28. The zero-order valence-electron chi connectivity index (χ0n) is 18.1. The number of anilines is 1. The molecule has 33 heavy (non-hydrogen) atoms. The summed E-state index contributed by atoms with van der Waals surface area (Å²) in [6, 6.07) is 11.9. The van der Waals surface area contributed by atoms with Crippen LogP contribution in [-0.4, -0.2) is 35.7 Å². The molecule has 0 bridgehead atoms. The molecule has 6 rings (SSSR count). The molecule has 3 N–H and O–H groups in total. The number of para-hydroxylation sites is 1. The van der Waals surface area contributed by atoms with Crippen LogP contribution in [0.2, 0.25) is 0 Å². The van der Waals surface area contributed by atoms with Gasteiger partial charge in [0.1, 0.15) is 11.6 Å². The molecule has 1 aromatic carbocycles. The molecule has 0 amide bonds. The van der Waals surface area contributed by atoms with Crippen molar-refractivity contribution in [3.05, 3.63) is 77.6 Å². The van der Waals surface area contributed by atoms with Crippen molar-refractivity contribution in [2.45, 2.75) is 38.3 Å². The van der Waals surface area contributed by atoms with Gasteiger partial charge in [-0.05, 0) is 43.9 Å². The predicted molar refractivity (Wildman–Crippen MR) is 125 cm³/mol. The first-order chi connectivity index (χ1) is 16.1. The summed E-state index contributed by atoms with van der Waals surface area (Å²) < 4.78 is 15.6. The SMILES string of the molecule is CC(O)c1cnn2c(N[C@@H]3CCc4[nH]c5ccccc5c4C3)cc(-c3cncc(F)c3)nc12. The molecule has 166 valence electrons. The molecule has 0 fully saturated rings. The maximum Gasteiger partial charge on any atom is 0.163 e. The van der Waals surface area contributed by atoms with Crippen molar-refractivity contribution in [3.63, 3.8) is 0 Å². The number of benzene rings is 1. The van der Waals surface area contributed by atoms with Crippen LogP contribution >= 0.6 is 0 Å². The van der Waals surface area contributed by atoms with Gasteiger partial charge in [0.05, 0.1) is 24.2 Å². The van der Waals surface area contributed by atoms with Crippen LogP contribution in [0.5, 0.6) is 0 Å². The van der Waals surface area contributed by atoms with Crippen molar-refractivity contribution in [1.29, 1.82) is 0 Å². The summed E-state index contributed by atoms with van der Waals surface area (Å²) in [5, 5.41) is 19.6. The number of halogens is 1. The summed E-state index contributed by atoms with van der Waals surface area (Å²) >= 11 is 0. The minimum atomic E-state index is -0.729. The fourth-order valence-corrected chi connectivity index (χ4v) is 4.78. The van der Waals surface area contributed by atoms with Crippen LogP contribution in [0.15, 0.2) is 55.0 Å². The summed E-state index contributed by atoms with van der Waals surface area (Å²) in [6.45, 7) is 1.68. The Morgan fingerprint density at radius 2 is 2.09 bits per heavy atom. The van der Waals surface area contributed by atoms with Crippen LogP contribution in [0, 0.1) is 5.82 Å². The summed E-state index contributed by atoms with van der Waals surface area (Å²) in [4.78, 5) is 12.2. The molecule has 2 atom stereocenters. The van der Waals surface area contributed by atoms with E-state index in [0.717, 1.165) is 25.1 Å². The normalized spacial score (nSPS) is 16.8. The van der Waals surface area contributed by atoms with E-state index >= 15 is 0 Å². The summed E-state index contributed by atoms with van der Waals surface area (Å²) in [5.41, 5.74) is 6.12. The Hall–Kier alpha value is -3.78. The first kappa shape index (κ1) is 19.9. The van der Waals surface area contributed by atoms with E-state index in [1.54, 1.807) is 23.8 Å². The number of nitrogens with one attached hydrogen (secondary N) is 2. The molecular formula is C25H23FN6O. The van der Waals surface area contributed by atoms with E-state index in [1.165, 1.54) is 34.4 Å². The Bertz CT molecular complexity index is 1490. The number of aromatic amines is 1. The van der Waals surface area contributed by atoms with Crippen molar-refractivity contribution in [2.24, 2.45) is 0 Å². The maximum atomic E-state index is 13.9. The Labute approximate surface area is 189 Å². The highest BCUT2D eigenvalue weighted by molar-refractivity contribution is 5.85. The fraction of sp³-hybridized carbons (Fsp3) is 0.240.